The lowest BCUT2D eigenvalue weighted by molar-refractivity contribution is -0.140. The summed E-state index contributed by atoms with van der Waals surface area (Å²) in [6.07, 6.45) is -0.0594. The predicted molar refractivity (Wildman–Crippen MR) is 69.6 cm³/mol. The number of carboxylic acid groups (broad SMARTS) is 1. The van der Waals surface area contributed by atoms with Crippen molar-refractivity contribution in [1.82, 2.24) is 9.80 Å². The summed E-state index contributed by atoms with van der Waals surface area (Å²) in [5, 5.41) is 8.81. The molecule has 0 aromatic carbocycles. The van der Waals surface area contributed by atoms with Gasteiger partial charge in [0.05, 0.1) is 24.0 Å². The van der Waals surface area contributed by atoms with Gasteiger partial charge in [-0.2, -0.15) is 0 Å². The average Bonchev–Trinajstić information content (AvgIpc) is 2.24. The quantitative estimate of drug-likeness (QED) is 0.701. The molecule has 1 aliphatic heterocycles. The van der Waals surface area contributed by atoms with E-state index in [1.165, 1.54) is 4.90 Å². The van der Waals surface area contributed by atoms with Gasteiger partial charge in [-0.05, 0) is 14.1 Å². The Morgan fingerprint density at radius 3 is 2.53 bits per heavy atom. The highest BCUT2D eigenvalue weighted by molar-refractivity contribution is 7.91. The lowest BCUT2D eigenvalue weighted by Gasteiger charge is -2.35. The smallest absolute Gasteiger partial charge is 0.305 e. The first kappa shape index (κ1) is 15.9. The highest BCUT2D eigenvalue weighted by Gasteiger charge is 2.34. The fourth-order valence-electron chi connectivity index (χ4n) is 2.05. The Hall–Kier alpha value is -1.15. The minimum Gasteiger partial charge on any atom is -0.481 e. The van der Waals surface area contributed by atoms with Crippen molar-refractivity contribution < 1.29 is 23.1 Å². The highest BCUT2D eigenvalue weighted by Crippen LogP contribution is 2.16. The van der Waals surface area contributed by atoms with Crippen LogP contribution in [0.25, 0.3) is 0 Å². The van der Waals surface area contributed by atoms with E-state index in [1.807, 2.05) is 19.0 Å². The molecule has 0 saturated carbocycles. The molecular weight excluding hydrogens is 272 g/mol. The molecule has 1 aliphatic rings. The van der Waals surface area contributed by atoms with Crippen molar-refractivity contribution in [1.29, 1.82) is 0 Å². The fraction of sp³-hybridized carbons (Fsp3) is 0.818. The Morgan fingerprint density at radius 2 is 2.00 bits per heavy atom. The summed E-state index contributed by atoms with van der Waals surface area (Å²) >= 11 is 0. The number of rotatable bonds is 5. The molecule has 8 heteroatoms. The van der Waals surface area contributed by atoms with Crippen molar-refractivity contribution in [3.05, 3.63) is 0 Å². The van der Waals surface area contributed by atoms with Crippen LogP contribution in [-0.2, 0) is 19.4 Å². The van der Waals surface area contributed by atoms with E-state index in [4.69, 9.17) is 5.11 Å². The van der Waals surface area contributed by atoms with Gasteiger partial charge in [-0.25, -0.2) is 8.42 Å². The second-order valence-corrected chi connectivity index (χ2v) is 7.24. The van der Waals surface area contributed by atoms with Crippen LogP contribution in [0.4, 0.5) is 0 Å². The summed E-state index contributed by atoms with van der Waals surface area (Å²) in [5.41, 5.74) is 0. The van der Waals surface area contributed by atoms with Gasteiger partial charge in [0.1, 0.15) is 0 Å². The number of amides is 1. The van der Waals surface area contributed by atoms with Gasteiger partial charge in [-0.3, -0.25) is 9.59 Å². The molecular formula is C11H20N2O5S. The normalized spacial score (nSPS) is 22.5. The van der Waals surface area contributed by atoms with Crippen molar-refractivity contribution in [2.75, 3.05) is 38.7 Å². The van der Waals surface area contributed by atoms with E-state index in [1.54, 1.807) is 0 Å². The van der Waals surface area contributed by atoms with Crippen LogP contribution < -0.4 is 0 Å². The molecule has 1 unspecified atom stereocenters. The maximum absolute atomic E-state index is 12.0. The van der Waals surface area contributed by atoms with Crippen LogP contribution in [0.15, 0.2) is 0 Å². The molecule has 0 radical (unpaired) electrons. The summed E-state index contributed by atoms with van der Waals surface area (Å²) < 4.78 is 23.1. The largest absolute Gasteiger partial charge is 0.481 e. The first-order chi connectivity index (χ1) is 8.71. The third-order valence-corrected chi connectivity index (χ3v) is 4.73. The standard InChI is InChI=1S/C11H20N2O5S/c1-12(2)4-3-10(14)13-5-6-19(17,18)8-9(13)7-11(15)16/h9H,3-8H2,1-2H3,(H,15,16). The van der Waals surface area contributed by atoms with E-state index < -0.39 is 21.8 Å². The second-order valence-electron chi connectivity index (χ2n) is 5.01. The number of hydrogen-bond donors (Lipinski definition) is 1. The van der Waals surface area contributed by atoms with Gasteiger partial charge in [0.25, 0.3) is 0 Å². The maximum atomic E-state index is 12.0. The molecule has 1 N–H and O–H groups in total. The fourth-order valence-corrected chi connectivity index (χ4v) is 3.57. The zero-order valence-electron chi connectivity index (χ0n) is 11.2. The lowest BCUT2D eigenvalue weighted by Crippen LogP contribution is -2.52. The van der Waals surface area contributed by atoms with Crippen molar-refractivity contribution in [3.63, 3.8) is 0 Å². The Bertz CT molecular complexity index is 446. The van der Waals surface area contributed by atoms with E-state index in [0.717, 1.165) is 0 Å². The molecule has 0 spiro atoms. The number of carbonyl (C=O) groups is 2. The summed E-state index contributed by atoms with van der Waals surface area (Å²) in [6.45, 7) is 0.647. The topological polar surface area (TPSA) is 95.0 Å². The summed E-state index contributed by atoms with van der Waals surface area (Å²) in [7, 11) is 0.429. The number of nitrogens with zero attached hydrogens (tertiary/aromatic N) is 2. The van der Waals surface area contributed by atoms with Crippen molar-refractivity contribution in [3.8, 4) is 0 Å². The molecule has 0 aromatic rings. The van der Waals surface area contributed by atoms with Crippen LogP contribution in [0.2, 0.25) is 0 Å². The van der Waals surface area contributed by atoms with E-state index in [2.05, 4.69) is 0 Å². The van der Waals surface area contributed by atoms with E-state index in [9.17, 15) is 18.0 Å². The molecule has 1 atom stereocenters. The number of carbonyl (C=O) groups excluding carboxylic acids is 1. The Kier molecular flexibility index (Phi) is 5.30. The van der Waals surface area contributed by atoms with Gasteiger partial charge >= 0.3 is 5.97 Å². The zero-order valence-corrected chi connectivity index (χ0v) is 12.0. The van der Waals surface area contributed by atoms with E-state index in [0.29, 0.717) is 6.54 Å². The van der Waals surface area contributed by atoms with Gasteiger partial charge < -0.3 is 14.9 Å². The number of hydrogen-bond acceptors (Lipinski definition) is 5. The minimum absolute atomic E-state index is 0.0865. The van der Waals surface area contributed by atoms with Crippen LogP contribution in [0, 0.1) is 0 Å². The Labute approximate surface area is 113 Å². The zero-order chi connectivity index (χ0) is 14.6. The van der Waals surface area contributed by atoms with E-state index in [-0.39, 0.29) is 36.8 Å². The predicted octanol–water partition coefficient (Wildman–Crippen LogP) is -0.962. The van der Waals surface area contributed by atoms with Gasteiger partial charge in [-0.15, -0.1) is 0 Å². The molecule has 19 heavy (non-hydrogen) atoms. The molecule has 1 fully saturated rings. The summed E-state index contributed by atoms with van der Waals surface area (Å²) in [5.74, 6) is -1.62. The van der Waals surface area contributed by atoms with Gasteiger partial charge in [0, 0.05) is 19.5 Å². The molecule has 0 aromatic heterocycles. The molecule has 1 amide bonds. The molecule has 1 heterocycles. The molecule has 1 rings (SSSR count). The monoisotopic (exact) mass is 292 g/mol. The van der Waals surface area contributed by atoms with Gasteiger partial charge in [0.2, 0.25) is 5.91 Å². The van der Waals surface area contributed by atoms with Crippen LogP contribution in [0.1, 0.15) is 12.8 Å². The number of aliphatic carboxylic acids is 1. The van der Waals surface area contributed by atoms with Crippen molar-refractivity contribution in [2.24, 2.45) is 0 Å². The average molecular weight is 292 g/mol. The highest BCUT2D eigenvalue weighted by atomic mass is 32.2. The first-order valence-electron chi connectivity index (χ1n) is 6.07. The van der Waals surface area contributed by atoms with Crippen molar-refractivity contribution in [2.45, 2.75) is 18.9 Å². The molecule has 7 nitrogen and oxygen atoms in total. The van der Waals surface area contributed by atoms with Crippen LogP contribution in [-0.4, -0.2) is 79.9 Å². The number of carboxylic acids is 1. The second kappa shape index (κ2) is 6.33. The third kappa shape index (κ3) is 5.15. The summed E-state index contributed by atoms with van der Waals surface area (Å²) in [6, 6.07) is -0.745. The summed E-state index contributed by atoms with van der Waals surface area (Å²) in [4.78, 5) is 26.0. The van der Waals surface area contributed by atoms with Crippen LogP contribution in [0.3, 0.4) is 0 Å². The Balaban J connectivity index is 2.73. The molecule has 0 aliphatic carbocycles. The molecule has 1 saturated heterocycles. The maximum Gasteiger partial charge on any atom is 0.305 e. The van der Waals surface area contributed by atoms with Crippen LogP contribution in [0.5, 0.6) is 0 Å². The van der Waals surface area contributed by atoms with Gasteiger partial charge in [0.15, 0.2) is 9.84 Å². The molecule has 110 valence electrons. The molecule has 0 bridgehead atoms. The lowest BCUT2D eigenvalue weighted by atomic mass is 10.2. The van der Waals surface area contributed by atoms with Crippen molar-refractivity contribution >= 4 is 21.7 Å². The minimum atomic E-state index is -3.24. The van der Waals surface area contributed by atoms with Crippen LogP contribution >= 0.6 is 0 Å². The van der Waals surface area contributed by atoms with E-state index >= 15 is 0 Å². The number of sulfone groups is 1. The van der Waals surface area contributed by atoms with Gasteiger partial charge in [-0.1, -0.05) is 0 Å². The first-order valence-corrected chi connectivity index (χ1v) is 7.90. The Morgan fingerprint density at radius 1 is 1.37 bits per heavy atom. The third-order valence-electron chi connectivity index (χ3n) is 3.03. The SMILES string of the molecule is CN(C)CCC(=O)N1CCS(=O)(=O)CC1CC(=O)O.